The smallest absolute Gasteiger partial charge is 0.309 e. The molecule has 0 aromatic carbocycles. The number of hydrogen-bond donors (Lipinski definition) is 0. The molecular formula is C13H16O6. The summed E-state index contributed by atoms with van der Waals surface area (Å²) in [5, 5.41) is 0. The van der Waals surface area contributed by atoms with E-state index < -0.39 is 0 Å². The number of cyclic esters (lactones) is 1. The molecule has 0 unspecified atom stereocenters. The highest BCUT2D eigenvalue weighted by Crippen LogP contribution is 2.57. The Hall–Kier alpha value is -1.59. The van der Waals surface area contributed by atoms with Crippen molar-refractivity contribution in [1.29, 1.82) is 0 Å². The van der Waals surface area contributed by atoms with Gasteiger partial charge in [-0.25, -0.2) is 0 Å². The maximum absolute atomic E-state index is 11.7. The second-order valence-electron chi connectivity index (χ2n) is 5.52. The molecule has 3 rings (SSSR count). The number of hydrogen-bond acceptors (Lipinski definition) is 6. The topological polar surface area (TPSA) is 78.9 Å². The summed E-state index contributed by atoms with van der Waals surface area (Å²) in [6.45, 7) is 3.05. The first-order valence-electron chi connectivity index (χ1n) is 6.50. The van der Waals surface area contributed by atoms with E-state index in [0.717, 1.165) is 0 Å². The predicted molar refractivity (Wildman–Crippen MR) is 60.6 cm³/mol. The molecule has 0 spiro atoms. The normalized spacial score (nSPS) is 42.7. The van der Waals surface area contributed by atoms with Crippen molar-refractivity contribution in [3.05, 3.63) is 0 Å². The third-order valence-corrected chi connectivity index (χ3v) is 4.46. The first-order chi connectivity index (χ1) is 8.99. The summed E-state index contributed by atoms with van der Waals surface area (Å²) in [4.78, 5) is 34.1. The second-order valence-corrected chi connectivity index (χ2v) is 5.52. The maximum atomic E-state index is 11.7. The van der Waals surface area contributed by atoms with Gasteiger partial charge in [0.2, 0.25) is 0 Å². The van der Waals surface area contributed by atoms with E-state index >= 15 is 0 Å². The molecule has 3 aliphatic rings. The molecule has 6 heteroatoms. The van der Waals surface area contributed by atoms with Gasteiger partial charge in [-0.3, -0.25) is 14.4 Å². The monoisotopic (exact) mass is 268 g/mol. The number of rotatable bonds is 2. The van der Waals surface area contributed by atoms with E-state index in [-0.39, 0.29) is 53.8 Å². The molecule has 2 bridgehead atoms. The van der Waals surface area contributed by atoms with Crippen LogP contribution in [-0.2, 0) is 28.6 Å². The number of fused-ring (bicyclic) bond motifs is 5. The molecule has 104 valence electrons. The van der Waals surface area contributed by atoms with E-state index in [1.54, 1.807) is 0 Å². The lowest BCUT2D eigenvalue weighted by Crippen LogP contribution is -2.35. The Morgan fingerprint density at radius 1 is 1.16 bits per heavy atom. The highest BCUT2D eigenvalue weighted by molar-refractivity contribution is 5.77. The fourth-order valence-corrected chi connectivity index (χ4v) is 4.02. The van der Waals surface area contributed by atoms with Gasteiger partial charge in [-0.2, -0.15) is 0 Å². The Morgan fingerprint density at radius 2 is 1.84 bits per heavy atom. The molecule has 19 heavy (non-hydrogen) atoms. The fourth-order valence-electron chi connectivity index (χ4n) is 4.02. The Morgan fingerprint density at radius 3 is 2.47 bits per heavy atom. The van der Waals surface area contributed by atoms with Crippen molar-refractivity contribution in [3.8, 4) is 0 Å². The highest BCUT2D eigenvalue weighted by Gasteiger charge is 2.66. The Balaban J connectivity index is 1.85. The van der Waals surface area contributed by atoms with Gasteiger partial charge in [0.15, 0.2) is 0 Å². The van der Waals surface area contributed by atoms with Crippen LogP contribution in [0.4, 0.5) is 0 Å². The molecule has 6 nitrogen and oxygen atoms in total. The van der Waals surface area contributed by atoms with Gasteiger partial charge < -0.3 is 14.2 Å². The van der Waals surface area contributed by atoms with Crippen molar-refractivity contribution < 1.29 is 28.6 Å². The summed E-state index contributed by atoms with van der Waals surface area (Å²) < 4.78 is 15.7. The summed E-state index contributed by atoms with van der Waals surface area (Å²) in [5.74, 6) is -1.33. The maximum Gasteiger partial charge on any atom is 0.309 e. The molecular weight excluding hydrogens is 252 g/mol. The zero-order chi connectivity index (χ0) is 13.7. The van der Waals surface area contributed by atoms with Crippen molar-refractivity contribution in [2.75, 3.05) is 6.61 Å². The standard InChI is InChI=1S/C13H16O6/c1-5(14)18-9-3-7-10-8(4-17-13(10)16)11(9)12(7)19-6(2)15/h7-12H,3-4H2,1-2H3/t7-,8-,9+,10+,11+,12+/m0/s1. The van der Waals surface area contributed by atoms with Crippen LogP contribution in [0, 0.1) is 23.7 Å². The van der Waals surface area contributed by atoms with Gasteiger partial charge in [0.05, 0.1) is 12.5 Å². The first-order valence-corrected chi connectivity index (χ1v) is 6.50. The molecule has 2 aliphatic carbocycles. The lowest BCUT2D eigenvalue weighted by atomic mass is 9.80. The molecule has 3 fully saturated rings. The largest absolute Gasteiger partial charge is 0.465 e. The fraction of sp³-hybridized carbons (Fsp3) is 0.769. The molecule has 0 N–H and O–H groups in total. The highest BCUT2D eigenvalue weighted by atomic mass is 16.6. The molecule has 1 aliphatic heterocycles. The van der Waals surface area contributed by atoms with Gasteiger partial charge in [0.1, 0.15) is 12.2 Å². The molecule has 1 heterocycles. The minimum Gasteiger partial charge on any atom is -0.465 e. The van der Waals surface area contributed by atoms with E-state index in [0.29, 0.717) is 13.0 Å². The summed E-state index contributed by atoms with van der Waals surface area (Å²) in [7, 11) is 0. The molecule has 1 saturated heterocycles. The van der Waals surface area contributed by atoms with Gasteiger partial charge in [-0.1, -0.05) is 0 Å². The van der Waals surface area contributed by atoms with Crippen LogP contribution in [0.5, 0.6) is 0 Å². The molecule has 0 amide bonds. The summed E-state index contributed by atoms with van der Waals surface area (Å²) >= 11 is 0. The van der Waals surface area contributed by atoms with E-state index in [1.807, 2.05) is 0 Å². The van der Waals surface area contributed by atoms with Crippen LogP contribution in [0.3, 0.4) is 0 Å². The third kappa shape index (κ3) is 1.81. The molecule has 0 aromatic heterocycles. The van der Waals surface area contributed by atoms with E-state index in [2.05, 4.69) is 0 Å². The Bertz CT molecular complexity index is 444. The van der Waals surface area contributed by atoms with Gasteiger partial charge in [-0.15, -0.1) is 0 Å². The number of carbonyl (C=O) groups is 3. The van der Waals surface area contributed by atoms with Crippen LogP contribution in [0.15, 0.2) is 0 Å². The van der Waals surface area contributed by atoms with Gasteiger partial charge in [0.25, 0.3) is 0 Å². The Labute approximate surface area is 110 Å². The van der Waals surface area contributed by atoms with Gasteiger partial charge in [0, 0.05) is 31.6 Å². The van der Waals surface area contributed by atoms with Crippen LogP contribution < -0.4 is 0 Å². The molecule has 6 atom stereocenters. The lowest BCUT2D eigenvalue weighted by Gasteiger charge is -2.27. The number of carbonyl (C=O) groups excluding carboxylic acids is 3. The SMILES string of the molecule is CC(=O)O[C@@H]1[C@H]2C[C@@H](OC(C)=O)[C@H]1[C@H]1COC(=O)[C@H]21. The van der Waals surface area contributed by atoms with E-state index in [4.69, 9.17) is 14.2 Å². The van der Waals surface area contributed by atoms with Crippen molar-refractivity contribution in [2.45, 2.75) is 32.5 Å². The van der Waals surface area contributed by atoms with Crippen molar-refractivity contribution >= 4 is 17.9 Å². The van der Waals surface area contributed by atoms with Crippen LogP contribution in [0.25, 0.3) is 0 Å². The summed E-state index contributed by atoms with van der Waals surface area (Å²) in [5.41, 5.74) is 0. The number of ether oxygens (including phenoxy) is 3. The molecule has 2 saturated carbocycles. The quantitative estimate of drug-likeness (QED) is 0.529. The van der Waals surface area contributed by atoms with Gasteiger partial charge >= 0.3 is 17.9 Å². The summed E-state index contributed by atoms with van der Waals surface area (Å²) in [6, 6.07) is 0. The average Bonchev–Trinajstić information content (AvgIpc) is 2.89. The van der Waals surface area contributed by atoms with Gasteiger partial charge in [-0.05, 0) is 6.42 Å². The molecule has 0 aromatic rings. The third-order valence-electron chi connectivity index (χ3n) is 4.46. The van der Waals surface area contributed by atoms with E-state index in [1.165, 1.54) is 13.8 Å². The van der Waals surface area contributed by atoms with Crippen LogP contribution in [-0.4, -0.2) is 36.7 Å². The second kappa shape index (κ2) is 4.21. The van der Waals surface area contributed by atoms with Crippen LogP contribution >= 0.6 is 0 Å². The summed E-state index contributed by atoms with van der Waals surface area (Å²) in [6.07, 6.45) is -0.0364. The zero-order valence-corrected chi connectivity index (χ0v) is 10.8. The van der Waals surface area contributed by atoms with Crippen molar-refractivity contribution in [3.63, 3.8) is 0 Å². The molecule has 0 radical (unpaired) electrons. The lowest BCUT2D eigenvalue weighted by molar-refractivity contribution is -0.155. The van der Waals surface area contributed by atoms with Crippen molar-refractivity contribution in [2.24, 2.45) is 23.7 Å². The van der Waals surface area contributed by atoms with Crippen LogP contribution in [0.1, 0.15) is 20.3 Å². The Kier molecular flexibility index (Phi) is 2.76. The van der Waals surface area contributed by atoms with Crippen molar-refractivity contribution in [1.82, 2.24) is 0 Å². The predicted octanol–water partition coefficient (Wildman–Crippen LogP) is 0.289. The zero-order valence-electron chi connectivity index (χ0n) is 10.8. The average molecular weight is 268 g/mol. The first kappa shape index (κ1) is 12.4. The number of esters is 3. The minimum atomic E-state index is -0.364. The minimum absolute atomic E-state index is 0.0000463. The van der Waals surface area contributed by atoms with E-state index in [9.17, 15) is 14.4 Å². The van der Waals surface area contributed by atoms with Crippen LogP contribution in [0.2, 0.25) is 0 Å².